The maximum absolute atomic E-state index is 5.45. The molecule has 9 heavy (non-hydrogen) atoms. The summed E-state index contributed by atoms with van der Waals surface area (Å²) in [6.45, 7) is 4.26. The van der Waals surface area contributed by atoms with Crippen molar-refractivity contribution >= 4 is 0 Å². The Balaban J connectivity index is 0.000000640. The van der Waals surface area contributed by atoms with E-state index in [2.05, 4.69) is 20.3 Å². The average Bonchev–Trinajstić information content (AvgIpc) is 2.14. The maximum atomic E-state index is 5.45. The Morgan fingerprint density at radius 2 is 2.33 bits per heavy atom. The van der Waals surface area contributed by atoms with Crippen LogP contribution in [0.25, 0.3) is 0 Å². The van der Waals surface area contributed by atoms with E-state index in [-0.39, 0.29) is 32.7 Å². The van der Waals surface area contributed by atoms with Crippen molar-refractivity contribution in [1.29, 1.82) is 0 Å². The van der Waals surface area contributed by atoms with Crippen molar-refractivity contribution in [2.45, 2.75) is 38.9 Å². The number of hydrogen-bond acceptors (Lipinski definition) is 1. The second kappa shape index (κ2) is 4.81. The first-order valence-corrected chi connectivity index (χ1v) is 3.31. The molecule has 1 fully saturated rings. The van der Waals surface area contributed by atoms with Crippen LogP contribution >= 0.6 is 0 Å². The third kappa shape index (κ3) is 3.11. The molecule has 0 saturated carbocycles. The van der Waals surface area contributed by atoms with Crippen LogP contribution in [0.15, 0.2) is 0 Å². The molecule has 0 unspecified atom stereocenters. The molecule has 1 aliphatic rings. The molecule has 1 saturated heterocycles. The maximum Gasteiger partial charge on any atom is 0.0273 e. The van der Waals surface area contributed by atoms with E-state index in [0.29, 0.717) is 12.2 Å². The smallest absolute Gasteiger partial charge is 0.0273 e. The molecule has 2 atom stereocenters. The van der Waals surface area contributed by atoms with Gasteiger partial charge in [0.15, 0.2) is 0 Å². The van der Waals surface area contributed by atoms with Crippen molar-refractivity contribution in [3.05, 3.63) is 6.42 Å². The standard InChI is InChI=1S/C7H13O.Y/c1-3-7-5-4-6(2)8-7;/h4,6-7H,3,5H2,1-2H3;/q-1;/t6-,7+;/m1./s1. The van der Waals surface area contributed by atoms with E-state index in [0.717, 1.165) is 12.8 Å². The summed E-state index contributed by atoms with van der Waals surface area (Å²) in [5.41, 5.74) is 0. The Morgan fingerprint density at radius 1 is 1.67 bits per heavy atom. The predicted octanol–water partition coefficient (Wildman–Crippen LogP) is 1.78. The van der Waals surface area contributed by atoms with Gasteiger partial charge < -0.3 is 4.74 Å². The molecule has 0 bridgehead atoms. The second-order valence-corrected chi connectivity index (χ2v) is 2.34. The molecule has 0 aliphatic carbocycles. The van der Waals surface area contributed by atoms with Gasteiger partial charge in [0, 0.05) is 38.8 Å². The Hall–Kier alpha value is 1.06. The van der Waals surface area contributed by atoms with Crippen molar-refractivity contribution in [3.63, 3.8) is 0 Å². The van der Waals surface area contributed by atoms with Crippen molar-refractivity contribution in [2.24, 2.45) is 0 Å². The van der Waals surface area contributed by atoms with E-state index >= 15 is 0 Å². The molecule has 1 radical (unpaired) electrons. The van der Waals surface area contributed by atoms with Crippen LogP contribution in [0.4, 0.5) is 0 Å². The molecule has 0 spiro atoms. The molecule has 1 nitrogen and oxygen atoms in total. The zero-order chi connectivity index (χ0) is 5.98. The SMILES string of the molecule is CC[C@H]1C[CH-][C@@H](C)O1.[Y]. The van der Waals surface area contributed by atoms with Gasteiger partial charge in [-0.3, -0.25) is 6.42 Å². The summed E-state index contributed by atoms with van der Waals surface area (Å²) in [6, 6.07) is 0. The molecule has 0 aromatic heterocycles. The molecule has 51 valence electrons. The first-order chi connectivity index (χ1) is 3.83. The van der Waals surface area contributed by atoms with Crippen LogP contribution in [-0.4, -0.2) is 12.2 Å². The van der Waals surface area contributed by atoms with Gasteiger partial charge in [0.05, 0.1) is 0 Å². The zero-order valence-corrected chi connectivity index (χ0v) is 8.97. The molecule has 1 heterocycles. The van der Waals surface area contributed by atoms with E-state index < -0.39 is 0 Å². The van der Waals surface area contributed by atoms with Crippen molar-refractivity contribution in [1.82, 2.24) is 0 Å². The van der Waals surface area contributed by atoms with E-state index in [9.17, 15) is 0 Å². The average molecular weight is 202 g/mol. The summed E-state index contributed by atoms with van der Waals surface area (Å²) in [4.78, 5) is 0. The topological polar surface area (TPSA) is 9.23 Å². The van der Waals surface area contributed by atoms with Crippen LogP contribution in [0.3, 0.4) is 0 Å². The summed E-state index contributed by atoms with van der Waals surface area (Å²) in [5, 5.41) is 0. The van der Waals surface area contributed by atoms with Crippen LogP contribution < -0.4 is 0 Å². The van der Waals surface area contributed by atoms with E-state index in [4.69, 9.17) is 4.74 Å². The monoisotopic (exact) mass is 202 g/mol. The van der Waals surface area contributed by atoms with Gasteiger partial charge in [-0.25, -0.2) is 0 Å². The zero-order valence-electron chi connectivity index (χ0n) is 6.13. The first kappa shape index (κ1) is 10.1. The molecule has 0 amide bonds. The van der Waals surface area contributed by atoms with Gasteiger partial charge in [-0.1, -0.05) is 20.0 Å². The number of hydrogen-bond donors (Lipinski definition) is 0. The van der Waals surface area contributed by atoms with Gasteiger partial charge in [-0.05, 0) is 6.42 Å². The van der Waals surface area contributed by atoms with Crippen molar-refractivity contribution in [2.75, 3.05) is 0 Å². The Labute approximate surface area is 82.4 Å². The van der Waals surface area contributed by atoms with Gasteiger partial charge in [-0.2, -0.15) is 6.42 Å². The molecule has 2 heteroatoms. The van der Waals surface area contributed by atoms with Crippen LogP contribution in [0.1, 0.15) is 26.7 Å². The quantitative estimate of drug-likeness (QED) is 0.589. The van der Waals surface area contributed by atoms with Crippen molar-refractivity contribution in [3.8, 4) is 0 Å². The number of rotatable bonds is 1. The van der Waals surface area contributed by atoms with Crippen LogP contribution in [-0.2, 0) is 37.4 Å². The van der Waals surface area contributed by atoms with Crippen LogP contribution in [0.2, 0.25) is 0 Å². The van der Waals surface area contributed by atoms with Gasteiger partial charge in [-0.15, -0.1) is 0 Å². The molecule has 0 N–H and O–H groups in total. The normalized spacial score (nSPS) is 34.0. The van der Waals surface area contributed by atoms with E-state index in [1.54, 1.807) is 0 Å². The summed E-state index contributed by atoms with van der Waals surface area (Å²) < 4.78 is 5.45. The fourth-order valence-electron chi connectivity index (χ4n) is 1.02. The molecular weight excluding hydrogens is 189 g/mol. The fourth-order valence-corrected chi connectivity index (χ4v) is 1.02. The summed E-state index contributed by atoms with van der Waals surface area (Å²) in [6.07, 6.45) is 5.46. The largest absolute Gasteiger partial charge is 0.410 e. The first-order valence-electron chi connectivity index (χ1n) is 3.31. The molecule has 0 aromatic carbocycles. The molecule has 1 rings (SSSR count). The molecular formula is C7H13OY-. The van der Waals surface area contributed by atoms with Gasteiger partial charge >= 0.3 is 0 Å². The minimum atomic E-state index is 0. The second-order valence-electron chi connectivity index (χ2n) is 2.34. The minimum absolute atomic E-state index is 0. The van der Waals surface area contributed by atoms with Crippen LogP contribution in [0.5, 0.6) is 0 Å². The summed E-state index contributed by atoms with van der Waals surface area (Å²) in [7, 11) is 0. The third-order valence-electron chi connectivity index (χ3n) is 1.59. The Kier molecular flexibility index (Phi) is 5.38. The van der Waals surface area contributed by atoms with Gasteiger partial charge in [0.2, 0.25) is 0 Å². The van der Waals surface area contributed by atoms with Crippen molar-refractivity contribution < 1.29 is 37.4 Å². The Bertz CT molecular complexity index is 75.3. The fraction of sp³-hybridized carbons (Fsp3) is 0.857. The van der Waals surface area contributed by atoms with Gasteiger partial charge in [0.1, 0.15) is 0 Å². The summed E-state index contributed by atoms with van der Waals surface area (Å²) in [5.74, 6) is 0. The number of ether oxygens (including phenoxy) is 1. The van der Waals surface area contributed by atoms with E-state index in [1.807, 2.05) is 0 Å². The molecule has 1 aliphatic heterocycles. The van der Waals surface area contributed by atoms with Gasteiger partial charge in [0.25, 0.3) is 0 Å². The summed E-state index contributed by atoms with van der Waals surface area (Å²) >= 11 is 0. The van der Waals surface area contributed by atoms with E-state index in [1.165, 1.54) is 0 Å². The Morgan fingerprint density at radius 3 is 2.56 bits per heavy atom. The third-order valence-corrected chi connectivity index (χ3v) is 1.59. The van der Waals surface area contributed by atoms with Crippen LogP contribution in [0, 0.1) is 6.42 Å². The minimum Gasteiger partial charge on any atom is -0.410 e. The molecule has 0 aromatic rings. The predicted molar refractivity (Wildman–Crippen MR) is 33.5 cm³/mol.